The Morgan fingerprint density at radius 1 is 1.08 bits per heavy atom. The molecule has 3 aliphatic rings. The number of hydrogen-bond donors (Lipinski definition) is 0. The minimum absolute atomic E-state index is 0.0500. The van der Waals surface area contributed by atoms with Crippen LogP contribution in [0, 0.1) is 23.6 Å². The van der Waals surface area contributed by atoms with Gasteiger partial charge in [0.2, 0.25) is 11.9 Å². The minimum Gasteiger partial charge on any atom is -0.493 e. The number of ether oxygens (including phenoxy) is 1. The first-order valence-electron chi connectivity index (χ1n) is 13.9. The lowest BCUT2D eigenvalue weighted by Gasteiger charge is -2.32. The van der Waals surface area contributed by atoms with E-state index in [4.69, 9.17) is 16.3 Å². The fourth-order valence-electron chi connectivity index (χ4n) is 6.14. The highest BCUT2D eigenvalue weighted by Crippen LogP contribution is 2.49. The van der Waals surface area contributed by atoms with Crippen molar-refractivity contribution in [3.8, 4) is 5.75 Å². The lowest BCUT2D eigenvalue weighted by atomic mass is 9.90. The predicted molar refractivity (Wildman–Crippen MR) is 147 cm³/mol. The van der Waals surface area contributed by atoms with Gasteiger partial charge < -0.3 is 14.5 Å². The number of hydrogen-bond acceptors (Lipinski definition) is 6. The van der Waals surface area contributed by atoms with Crippen LogP contribution in [0.2, 0.25) is 5.02 Å². The van der Waals surface area contributed by atoms with Crippen LogP contribution in [0.15, 0.2) is 49.1 Å². The fraction of sp³-hybridized carbons (Fsp3) is 0.467. The van der Waals surface area contributed by atoms with E-state index in [0.717, 1.165) is 62.1 Å². The zero-order valence-corrected chi connectivity index (χ0v) is 22.7. The van der Waals surface area contributed by atoms with Crippen LogP contribution in [-0.2, 0) is 24.2 Å². The average Bonchev–Trinajstić information content (AvgIpc) is 3.74. The number of benzene rings is 1. The van der Waals surface area contributed by atoms with Gasteiger partial charge in [-0.25, -0.2) is 14.4 Å². The van der Waals surface area contributed by atoms with Gasteiger partial charge in [-0.1, -0.05) is 17.7 Å². The van der Waals surface area contributed by atoms with Crippen molar-refractivity contribution in [3.05, 3.63) is 76.6 Å². The van der Waals surface area contributed by atoms with Gasteiger partial charge in [0.05, 0.1) is 30.4 Å². The molecular weight excluding hydrogens is 517 g/mol. The van der Waals surface area contributed by atoms with E-state index in [9.17, 15) is 9.18 Å². The van der Waals surface area contributed by atoms with Gasteiger partial charge in [-0.2, -0.15) is 0 Å². The second kappa shape index (κ2) is 11.5. The summed E-state index contributed by atoms with van der Waals surface area (Å²) in [5, 5.41) is 0.559. The van der Waals surface area contributed by atoms with E-state index in [-0.39, 0.29) is 18.1 Å². The van der Waals surface area contributed by atoms with Crippen LogP contribution in [0.5, 0.6) is 5.75 Å². The zero-order valence-electron chi connectivity index (χ0n) is 21.9. The van der Waals surface area contributed by atoms with Crippen LogP contribution in [0.25, 0.3) is 0 Å². The molecule has 2 atom stereocenters. The van der Waals surface area contributed by atoms with Gasteiger partial charge >= 0.3 is 0 Å². The first-order chi connectivity index (χ1) is 19.0. The summed E-state index contributed by atoms with van der Waals surface area (Å²) in [4.78, 5) is 29.7. The molecule has 0 radical (unpaired) electrons. The van der Waals surface area contributed by atoms with Gasteiger partial charge in [0.25, 0.3) is 0 Å². The van der Waals surface area contributed by atoms with Crippen molar-refractivity contribution in [1.29, 1.82) is 0 Å². The van der Waals surface area contributed by atoms with E-state index >= 15 is 0 Å². The molecule has 1 aromatic carbocycles. The molecule has 0 bridgehead atoms. The van der Waals surface area contributed by atoms with E-state index in [0.29, 0.717) is 41.9 Å². The molecular formula is C30H33ClFN5O2. The van der Waals surface area contributed by atoms with E-state index < -0.39 is 0 Å². The van der Waals surface area contributed by atoms with E-state index in [1.54, 1.807) is 35.6 Å². The maximum Gasteiger partial charge on any atom is 0.227 e. The Labute approximate surface area is 233 Å². The Morgan fingerprint density at radius 2 is 1.90 bits per heavy atom. The molecule has 1 amide bonds. The summed E-state index contributed by atoms with van der Waals surface area (Å²) >= 11 is 5.90. The second-order valence-corrected chi connectivity index (χ2v) is 11.4. The molecule has 204 valence electrons. The second-order valence-electron chi connectivity index (χ2n) is 11.0. The highest BCUT2D eigenvalue weighted by molar-refractivity contribution is 6.30. The summed E-state index contributed by atoms with van der Waals surface area (Å²) < 4.78 is 20.7. The third kappa shape index (κ3) is 6.16. The Kier molecular flexibility index (Phi) is 7.64. The van der Waals surface area contributed by atoms with Gasteiger partial charge in [-0.3, -0.25) is 9.78 Å². The number of nitrogens with zero attached hydrogens (tertiary/aromatic N) is 5. The number of piperidine rings is 1. The van der Waals surface area contributed by atoms with Gasteiger partial charge in [0, 0.05) is 44.6 Å². The van der Waals surface area contributed by atoms with Crippen LogP contribution in [0.1, 0.15) is 42.4 Å². The van der Waals surface area contributed by atoms with E-state index in [2.05, 4.69) is 19.9 Å². The summed E-state index contributed by atoms with van der Waals surface area (Å²) in [5.41, 5.74) is 2.70. The number of rotatable bonds is 8. The topological polar surface area (TPSA) is 71.5 Å². The lowest BCUT2D eigenvalue weighted by Crippen LogP contribution is -2.37. The molecule has 2 aliphatic heterocycles. The summed E-state index contributed by atoms with van der Waals surface area (Å²) in [6.07, 6.45) is 12.3. The van der Waals surface area contributed by atoms with Gasteiger partial charge in [-0.15, -0.1) is 0 Å². The molecule has 7 nitrogen and oxygen atoms in total. The minimum atomic E-state index is -0.388. The molecule has 0 spiro atoms. The van der Waals surface area contributed by atoms with Crippen LogP contribution < -0.4 is 9.64 Å². The van der Waals surface area contributed by atoms with Crippen LogP contribution in [0.3, 0.4) is 0 Å². The van der Waals surface area contributed by atoms with Crippen LogP contribution in [0.4, 0.5) is 10.3 Å². The smallest absolute Gasteiger partial charge is 0.227 e. The summed E-state index contributed by atoms with van der Waals surface area (Å²) in [6, 6.07) is 6.87. The van der Waals surface area contributed by atoms with Crippen molar-refractivity contribution in [2.75, 3.05) is 31.1 Å². The van der Waals surface area contributed by atoms with Gasteiger partial charge in [0.15, 0.2) is 0 Å². The Morgan fingerprint density at radius 3 is 2.69 bits per heavy atom. The number of halogens is 2. The molecule has 2 fully saturated rings. The van der Waals surface area contributed by atoms with E-state index in [1.807, 2.05) is 12.3 Å². The fourth-order valence-corrected chi connectivity index (χ4v) is 6.23. The quantitative estimate of drug-likeness (QED) is 0.389. The number of amides is 1. The molecule has 4 heterocycles. The highest BCUT2D eigenvalue weighted by atomic mass is 35.5. The van der Waals surface area contributed by atoms with Crippen molar-refractivity contribution in [2.45, 2.75) is 45.1 Å². The Hall–Kier alpha value is -3.26. The molecule has 3 aromatic rings. The Bertz CT molecular complexity index is 1310. The van der Waals surface area contributed by atoms with E-state index in [1.165, 1.54) is 18.1 Å². The standard InChI is InChI=1S/C30H33ClFN5O2/c31-25-17-34-30(35-18-25)36-9-5-21(6-10-36)27-13-22(27)7-12-39-26-2-1-23(28(32)15-26)14-29(38)37-11-4-20-3-8-33-16-24(20)19-37/h1-3,8,15-18,21-22,27H,4-7,9-14,19H2/t22-,27?/m1/s1. The van der Waals surface area contributed by atoms with Crippen LogP contribution >= 0.6 is 11.6 Å². The highest BCUT2D eigenvalue weighted by Gasteiger charge is 2.43. The van der Waals surface area contributed by atoms with Crippen molar-refractivity contribution in [1.82, 2.24) is 19.9 Å². The molecule has 0 N–H and O–H groups in total. The largest absolute Gasteiger partial charge is 0.493 e. The summed E-state index contributed by atoms with van der Waals surface area (Å²) in [6.45, 7) is 3.71. The normalized spacial score (nSPS) is 21.0. The number of anilines is 1. The van der Waals surface area contributed by atoms with Crippen LogP contribution in [-0.4, -0.2) is 52.0 Å². The molecule has 1 unspecified atom stereocenters. The Balaban J connectivity index is 0.924. The zero-order chi connectivity index (χ0) is 26.8. The SMILES string of the molecule is O=C(Cc1ccc(OCC[C@@H]2CC2C2CCN(c3ncc(Cl)cn3)CC2)cc1F)N1CCc2ccncc2C1. The molecule has 1 saturated carbocycles. The number of carbonyl (C=O) groups is 1. The third-order valence-electron chi connectivity index (χ3n) is 8.51. The van der Waals surface area contributed by atoms with Gasteiger partial charge in [0.1, 0.15) is 11.6 Å². The molecule has 6 rings (SSSR count). The van der Waals surface area contributed by atoms with Crippen molar-refractivity contribution in [3.63, 3.8) is 0 Å². The predicted octanol–water partition coefficient (Wildman–Crippen LogP) is 5.11. The maximum absolute atomic E-state index is 14.8. The first-order valence-corrected chi connectivity index (χ1v) is 14.2. The number of carbonyl (C=O) groups excluding carboxylic acids is 1. The van der Waals surface area contributed by atoms with Crippen molar-refractivity contribution < 1.29 is 13.9 Å². The first kappa shape index (κ1) is 26.0. The number of fused-ring (bicyclic) bond motifs is 1. The number of pyridine rings is 1. The molecule has 39 heavy (non-hydrogen) atoms. The van der Waals surface area contributed by atoms with Crippen molar-refractivity contribution in [2.24, 2.45) is 17.8 Å². The van der Waals surface area contributed by atoms with Crippen molar-refractivity contribution >= 4 is 23.5 Å². The molecule has 2 aromatic heterocycles. The summed E-state index contributed by atoms with van der Waals surface area (Å²) in [7, 11) is 0. The average molecular weight is 550 g/mol. The molecule has 1 aliphatic carbocycles. The lowest BCUT2D eigenvalue weighted by molar-refractivity contribution is -0.131. The summed E-state index contributed by atoms with van der Waals surface area (Å²) in [5.74, 6) is 3.00. The monoisotopic (exact) mass is 549 g/mol. The molecule has 9 heteroatoms. The van der Waals surface area contributed by atoms with Gasteiger partial charge in [-0.05, 0) is 78.7 Å². The number of aromatic nitrogens is 3. The molecule has 1 saturated heterocycles. The maximum atomic E-state index is 14.8. The third-order valence-corrected chi connectivity index (χ3v) is 8.70.